The molecule has 1 heterocycles. The van der Waals surface area contributed by atoms with Gasteiger partial charge in [-0.25, -0.2) is 0 Å². The van der Waals surface area contributed by atoms with Crippen molar-refractivity contribution >= 4 is 0 Å². The average Bonchev–Trinajstić information content (AvgIpc) is 2.49. The van der Waals surface area contributed by atoms with Gasteiger partial charge in [0.25, 0.3) is 0 Å². The van der Waals surface area contributed by atoms with Crippen molar-refractivity contribution < 1.29 is 20.1 Å². The Kier molecular flexibility index (Phi) is 5.06. The minimum Gasteiger partial charge on any atom is -0.304 e. The maximum Gasteiger partial charge on any atom is 0.0190 e. The van der Waals surface area contributed by atoms with Gasteiger partial charge >= 0.3 is 0 Å². The Morgan fingerprint density at radius 1 is 0.810 bits per heavy atom. The second kappa shape index (κ2) is 6.80. The van der Waals surface area contributed by atoms with Gasteiger partial charge in [-0.1, -0.05) is 42.0 Å². The Labute approximate surface area is 139 Å². The molecular formula is C19H16IrN-. The standard InChI is InChI=1S/C19H16N.Ir/c1-14-6-9-16(10-7-14)17-4-3-5-18(12-17)19-11-8-15(2)13-20-19;/h3-4,6-13H,1-2H3;/q-1;. The van der Waals surface area contributed by atoms with Crippen molar-refractivity contribution in [2.45, 2.75) is 13.8 Å². The van der Waals surface area contributed by atoms with Crippen LogP contribution in [-0.2, 0) is 20.1 Å². The second-order valence-electron chi connectivity index (χ2n) is 5.08. The van der Waals surface area contributed by atoms with Crippen molar-refractivity contribution in [2.75, 3.05) is 0 Å². The third-order valence-electron chi connectivity index (χ3n) is 3.37. The fourth-order valence-electron chi connectivity index (χ4n) is 2.17. The fraction of sp³-hybridized carbons (Fsp3) is 0.105. The van der Waals surface area contributed by atoms with Crippen molar-refractivity contribution in [3.63, 3.8) is 0 Å². The van der Waals surface area contributed by atoms with E-state index in [1.165, 1.54) is 22.3 Å². The van der Waals surface area contributed by atoms with Crippen LogP contribution in [0.25, 0.3) is 22.4 Å². The van der Waals surface area contributed by atoms with Crippen molar-refractivity contribution in [3.05, 3.63) is 78.0 Å². The van der Waals surface area contributed by atoms with E-state index < -0.39 is 0 Å². The molecule has 21 heavy (non-hydrogen) atoms. The van der Waals surface area contributed by atoms with E-state index in [0.717, 1.165) is 11.3 Å². The molecule has 3 rings (SSSR count). The zero-order chi connectivity index (χ0) is 13.9. The van der Waals surface area contributed by atoms with Gasteiger partial charge in [0.2, 0.25) is 0 Å². The third-order valence-corrected chi connectivity index (χ3v) is 3.37. The molecule has 0 N–H and O–H groups in total. The number of pyridine rings is 1. The average molecular weight is 451 g/mol. The molecule has 2 heteroatoms. The Balaban J connectivity index is 0.00000161. The predicted molar refractivity (Wildman–Crippen MR) is 83.4 cm³/mol. The van der Waals surface area contributed by atoms with Gasteiger partial charge in [0.1, 0.15) is 0 Å². The Morgan fingerprint density at radius 3 is 2.19 bits per heavy atom. The van der Waals surface area contributed by atoms with Gasteiger partial charge in [-0.3, -0.25) is 0 Å². The largest absolute Gasteiger partial charge is 0.304 e. The first-order valence-electron chi connectivity index (χ1n) is 6.74. The topological polar surface area (TPSA) is 12.9 Å². The first-order chi connectivity index (χ1) is 9.72. The van der Waals surface area contributed by atoms with Gasteiger partial charge in [0.15, 0.2) is 0 Å². The van der Waals surface area contributed by atoms with E-state index in [1.54, 1.807) is 0 Å². The summed E-state index contributed by atoms with van der Waals surface area (Å²) in [6, 6.07) is 22.1. The summed E-state index contributed by atoms with van der Waals surface area (Å²) >= 11 is 0. The summed E-state index contributed by atoms with van der Waals surface area (Å²) < 4.78 is 0. The predicted octanol–water partition coefficient (Wildman–Crippen LogP) is 4.83. The van der Waals surface area contributed by atoms with E-state index in [4.69, 9.17) is 0 Å². The molecule has 0 bridgehead atoms. The van der Waals surface area contributed by atoms with Crippen LogP contribution in [0.2, 0.25) is 0 Å². The molecule has 0 atom stereocenters. The van der Waals surface area contributed by atoms with Crippen LogP contribution in [0.4, 0.5) is 0 Å². The van der Waals surface area contributed by atoms with Crippen LogP contribution in [0.15, 0.2) is 60.8 Å². The first kappa shape index (κ1) is 15.6. The van der Waals surface area contributed by atoms with Crippen LogP contribution in [0.3, 0.4) is 0 Å². The summed E-state index contributed by atoms with van der Waals surface area (Å²) in [5.41, 5.74) is 6.85. The van der Waals surface area contributed by atoms with Gasteiger partial charge in [0, 0.05) is 26.3 Å². The molecule has 2 aromatic carbocycles. The third kappa shape index (κ3) is 3.66. The number of nitrogens with zero attached hydrogens (tertiary/aromatic N) is 1. The summed E-state index contributed by atoms with van der Waals surface area (Å²) in [6.45, 7) is 4.15. The molecule has 0 aliphatic heterocycles. The van der Waals surface area contributed by atoms with Crippen LogP contribution >= 0.6 is 0 Å². The number of hydrogen-bond donors (Lipinski definition) is 0. The molecule has 1 aromatic heterocycles. The molecule has 107 valence electrons. The summed E-state index contributed by atoms with van der Waals surface area (Å²) in [7, 11) is 0. The molecule has 0 unspecified atom stereocenters. The zero-order valence-corrected chi connectivity index (χ0v) is 14.4. The number of aryl methyl sites for hydroxylation is 2. The van der Waals surface area contributed by atoms with E-state index in [1.807, 2.05) is 25.3 Å². The molecule has 1 radical (unpaired) electrons. The van der Waals surface area contributed by atoms with E-state index in [9.17, 15) is 0 Å². The molecule has 0 saturated carbocycles. The van der Waals surface area contributed by atoms with Gasteiger partial charge in [-0.05, 0) is 30.7 Å². The van der Waals surface area contributed by atoms with Crippen LogP contribution < -0.4 is 0 Å². The zero-order valence-electron chi connectivity index (χ0n) is 12.1. The van der Waals surface area contributed by atoms with Crippen LogP contribution in [-0.4, -0.2) is 4.98 Å². The summed E-state index contributed by atoms with van der Waals surface area (Å²) in [5.74, 6) is 0. The molecule has 0 spiro atoms. The maximum absolute atomic E-state index is 4.47. The summed E-state index contributed by atoms with van der Waals surface area (Å²) in [5, 5.41) is 0. The van der Waals surface area contributed by atoms with Gasteiger partial charge in [0.05, 0.1) is 0 Å². The van der Waals surface area contributed by atoms with E-state index >= 15 is 0 Å². The van der Waals surface area contributed by atoms with Crippen molar-refractivity contribution in [3.8, 4) is 22.4 Å². The SMILES string of the molecule is Cc1ccc(-c2cc[c-]c(-c3ccc(C)cn3)c2)cc1.[Ir]. The smallest absolute Gasteiger partial charge is 0.0190 e. The van der Waals surface area contributed by atoms with Crippen molar-refractivity contribution in [1.82, 2.24) is 4.98 Å². The van der Waals surface area contributed by atoms with Crippen LogP contribution in [0.5, 0.6) is 0 Å². The maximum atomic E-state index is 4.47. The normalized spacial score (nSPS) is 10.0. The minimum absolute atomic E-state index is 0. The first-order valence-corrected chi connectivity index (χ1v) is 6.74. The Morgan fingerprint density at radius 2 is 1.52 bits per heavy atom. The van der Waals surface area contributed by atoms with Crippen molar-refractivity contribution in [2.24, 2.45) is 0 Å². The molecule has 0 fully saturated rings. The number of rotatable bonds is 2. The van der Waals surface area contributed by atoms with Gasteiger partial charge in [-0.2, -0.15) is 0 Å². The number of hydrogen-bond acceptors (Lipinski definition) is 1. The second-order valence-corrected chi connectivity index (χ2v) is 5.08. The summed E-state index contributed by atoms with van der Waals surface area (Å²) in [4.78, 5) is 4.47. The Hall–Kier alpha value is -1.76. The van der Waals surface area contributed by atoms with Crippen LogP contribution in [0, 0.1) is 19.9 Å². The number of aromatic nitrogens is 1. The minimum atomic E-state index is 0. The van der Waals surface area contributed by atoms with E-state index in [-0.39, 0.29) is 20.1 Å². The van der Waals surface area contributed by atoms with Crippen LogP contribution in [0.1, 0.15) is 11.1 Å². The molecule has 0 aliphatic carbocycles. The monoisotopic (exact) mass is 451 g/mol. The molecule has 0 amide bonds. The molecule has 1 nitrogen and oxygen atoms in total. The van der Waals surface area contributed by atoms with Gasteiger partial charge in [-0.15, -0.1) is 35.4 Å². The van der Waals surface area contributed by atoms with E-state index in [0.29, 0.717) is 0 Å². The fourth-order valence-corrected chi connectivity index (χ4v) is 2.17. The van der Waals surface area contributed by atoms with Gasteiger partial charge < -0.3 is 4.98 Å². The molecule has 0 saturated heterocycles. The summed E-state index contributed by atoms with van der Waals surface area (Å²) in [6.07, 6.45) is 1.89. The quantitative estimate of drug-likeness (QED) is 0.510. The van der Waals surface area contributed by atoms with E-state index in [2.05, 4.69) is 60.4 Å². The molecule has 3 aromatic rings. The number of benzene rings is 2. The Bertz CT molecular complexity index is 655. The van der Waals surface area contributed by atoms with Crippen molar-refractivity contribution in [1.29, 1.82) is 0 Å². The molecule has 0 aliphatic rings. The molecular weight excluding hydrogens is 434 g/mol.